The van der Waals surface area contributed by atoms with E-state index < -0.39 is 5.97 Å². The molecule has 3 heteroatoms. The summed E-state index contributed by atoms with van der Waals surface area (Å²) in [5.74, 6) is 1.95. The molecule has 0 aliphatic heterocycles. The van der Waals surface area contributed by atoms with E-state index in [0.29, 0.717) is 19.4 Å². The Morgan fingerprint density at radius 1 is 1.40 bits per heavy atom. The van der Waals surface area contributed by atoms with Crippen LogP contribution in [0.5, 0.6) is 0 Å². The molecule has 0 aliphatic rings. The third-order valence-corrected chi connectivity index (χ3v) is 1.90. The zero-order chi connectivity index (χ0) is 11.9. The number of terminal acetylenes is 1. The fraction of sp³-hybridized carbons (Fsp3) is 0.667. The number of rotatable bonds is 6. The second kappa shape index (κ2) is 6.23. The fourth-order valence-electron chi connectivity index (χ4n) is 1.31. The maximum Gasteiger partial charge on any atom is 0.313 e. The first-order valence-corrected chi connectivity index (χ1v) is 5.02. The van der Waals surface area contributed by atoms with E-state index in [1.54, 1.807) is 6.92 Å². The molecule has 0 heterocycles. The van der Waals surface area contributed by atoms with Crippen LogP contribution < -0.4 is 0 Å². The SMILES string of the molecule is C#CCC(C)(C)CC(=O)CC(=O)OCC. The predicted molar refractivity (Wildman–Crippen MR) is 58.1 cm³/mol. The molecule has 3 nitrogen and oxygen atoms in total. The largest absolute Gasteiger partial charge is 0.466 e. The Hall–Kier alpha value is -1.30. The van der Waals surface area contributed by atoms with Crippen molar-refractivity contribution in [2.75, 3.05) is 6.61 Å². The van der Waals surface area contributed by atoms with E-state index in [1.807, 2.05) is 13.8 Å². The lowest BCUT2D eigenvalue weighted by atomic mass is 9.84. The lowest BCUT2D eigenvalue weighted by Gasteiger charge is -2.20. The quantitative estimate of drug-likeness (QED) is 0.382. The first kappa shape index (κ1) is 13.7. The third-order valence-electron chi connectivity index (χ3n) is 1.90. The van der Waals surface area contributed by atoms with Crippen LogP contribution in [0.25, 0.3) is 0 Å². The maximum absolute atomic E-state index is 11.4. The zero-order valence-electron chi connectivity index (χ0n) is 9.63. The summed E-state index contributed by atoms with van der Waals surface area (Å²) in [4.78, 5) is 22.5. The van der Waals surface area contributed by atoms with Gasteiger partial charge in [0.25, 0.3) is 0 Å². The molecule has 0 saturated heterocycles. The molecule has 0 atom stereocenters. The molecule has 0 N–H and O–H groups in total. The van der Waals surface area contributed by atoms with E-state index in [1.165, 1.54) is 0 Å². The highest BCUT2D eigenvalue weighted by Crippen LogP contribution is 2.25. The van der Waals surface area contributed by atoms with Crippen molar-refractivity contribution in [3.05, 3.63) is 0 Å². The van der Waals surface area contributed by atoms with Gasteiger partial charge in [-0.25, -0.2) is 0 Å². The Balaban J connectivity index is 4.04. The average Bonchev–Trinajstić information content (AvgIpc) is 2.01. The van der Waals surface area contributed by atoms with Crippen molar-refractivity contribution < 1.29 is 14.3 Å². The summed E-state index contributed by atoms with van der Waals surface area (Å²) < 4.78 is 4.69. The summed E-state index contributed by atoms with van der Waals surface area (Å²) in [5, 5.41) is 0. The van der Waals surface area contributed by atoms with Crippen LogP contribution in [0.4, 0.5) is 0 Å². The minimum Gasteiger partial charge on any atom is -0.466 e. The monoisotopic (exact) mass is 210 g/mol. The van der Waals surface area contributed by atoms with Crippen LogP contribution in [0.1, 0.15) is 40.0 Å². The van der Waals surface area contributed by atoms with Gasteiger partial charge in [0.15, 0.2) is 0 Å². The number of hydrogen-bond donors (Lipinski definition) is 0. The highest BCUT2D eigenvalue weighted by atomic mass is 16.5. The highest BCUT2D eigenvalue weighted by molar-refractivity contribution is 5.95. The number of hydrogen-bond acceptors (Lipinski definition) is 3. The standard InChI is InChI=1S/C12H18O3/c1-5-7-12(3,4)9-10(13)8-11(14)15-6-2/h1H,6-9H2,2-4H3. The molecule has 0 aliphatic carbocycles. The van der Waals surface area contributed by atoms with E-state index >= 15 is 0 Å². The van der Waals surface area contributed by atoms with Crippen molar-refractivity contribution in [3.8, 4) is 12.3 Å². The Bertz CT molecular complexity index is 271. The molecule has 0 aromatic heterocycles. The molecule has 0 spiro atoms. The molecule has 0 radical (unpaired) electrons. The average molecular weight is 210 g/mol. The second-order valence-corrected chi connectivity index (χ2v) is 4.24. The minimum absolute atomic E-state index is 0.117. The van der Waals surface area contributed by atoms with Gasteiger partial charge in [-0.2, -0.15) is 0 Å². The van der Waals surface area contributed by atoms with Gasteiger partial charge in [0, 0.05) is 12.8 Å². The predicted octanol–water partition coefficient (Wildman–Crippen LogP) is 1.95. The summed E-state index contributed by atoms with van der Waals surface area (Å²) >= 11 is 0. The van der Waals surface area contributed by atoms with Crippen LogP contribution >= 0.6 is 0 Å². The minimum atomic E-state index is -0.459. The van der Waals surface area contributed by atoms with Crippen molar-refractivity contribution in [3.63, 3.8) is 0 Å². The van der Waals surface area contributed by atoms with Crippen LogP contribution in [0.3, 0.4) is 0 Å². The smallest absolute Gasteiger partial charge is 0.313 e. The van der Waals surface area contributed by atoms with Crippen molar-refractivity contribution in [1.29, 1.82) is 0 Å². The Labute approximate surface area is 91.2 Å². The van der Waals surface area contributed by atoms with E-state index in [4.69, 9.17) is 6.42 Å². The number of Topliss-reactive ketones (excluding diaryl/α,β-unsaturated/α-hetero) is 1. The van der Waals surface area contributed by atoms with Gasteiger partial charge in [-0.15, -0.1) is 12.3 Å². The number of carbonyl (C=O) groups excluding carboxylic acids is 2. The molecular weight excluding hydrogens is 192 g/mol. The lowest BCUT2D eigenvalue weighted by Crippen LogP contribution is -2.19. The van der Waals surface area contributed by atoms with Gasteiger partial charge in [0.05, 0.1) is 6.61 Å². The van der Waals surface area contributed by atoms with Gasteiger partial charge >= 0.3 is 5.97 Å². The molecule has 0 unspecified atom stereocenters. The normalized spacial score (nSPS) is 10.5. The maximum atomic E-state index is 11.4. The van der Waals surface area contributed by atoms with Gasteiger partial charge < -0.3 is 4.74 Å². The van der Waals surface area contributed by atoms with Gasteiger partial charge in [0.2, 0.25) is 0 Å². The van der Waals surface area contributed by atoms with Crippen LogP contribution in [0.15, 0.2) is 0 Å². The Morgan fingerprint density at radius 3 is 2.47 bits per heavy atom. The van der Waals surface area contributed by atoms with Gasteiger partial charge in [-0.05, 0) is 12.3 Å². The topological polar surface area (TPSA) is 43.4 Å². The summed E-state index contributed by atoms with van der Waals surface area (Å²) in [6, 6.07) is 0. The number of carbonyl (C=O) groups is 2. The summed E-state index contributed by atoms with van der Waals surface area (Å²) in [6.07, 6.45) is 5.88. The van der Waals surface area contributed by atoms with Crippen LogP contribution in [0.2, 0.25) is 0 Å². The molecule has 0 fully saturated rings. The fourth-order valence-corrected chi connectivity index (χ4v) is 1.31. The first-order chi connectivity index (χ1) is 6.91. The van der Waals surface area contributed by atoms with Crippen LogP contribution in [-0.2, 0) is 14.3 Å². The summed E-state index contributed by atoms with van der Waals surface area (Å²) in [5.41, 5.74) is -0.238. The molecule has 84 valence electrons. The molecule has 15 heavy (non-hydrogen) atoms. The molecule has 0 aromatic rings. The molecular formula is C12H18O3. The zero-order valence-corrected chi connectivity index (χ0v) is 9.63. The summed E-state index contributed by atoms with van der Waals surface area (Å²) in [6.45, 7) is 5.84. The van der Waals surface area contributed by atoms with Crippen molar-refractivity contribution in [2.24, 2.45) is 5.41 Å². The van der Waals surface area contributed by atoms with E-state index in [-0.39, 0.29) is 17.6 Å². The van der Waals surface area contributed by atoms with Gasteiger partial charge in [-0.1, -0.05) is 13.8 Å². The first-order valence-electron chi connectivity index (χ1n) is 5.02. The van der Waals surface area contributed by atoms with Crippen molar-refractivity contribution in [2.45, 2.75) is 40.0 Å². The summed E-state index contributed by atoms with van der Waals surface area (Å²) in [7, 11) is 0. The molecule has 0 bridgehead atoms. The van der Waals surface area contributed by atoms with Crippen LogP contribution in [0, 0.1) is 17.8 Å². The van der Waals surface area contributed by atoms with E-state index in [0.717, 1.165) is 0 Å². The molecule has 0 aromatic carbocycles. The lowest BCUT2D eigenvalue weighted by molar-refractivity contribution is -0.145. The molecule has 0 saturated carbocycles. The van der Waals surface area contributed by atoms with Crippen molar-refractivity contribution >= 4 is 11.8 Å². The van der Waals surface area contributed by atoms with Crippen molar-refractivity contribution in [1.82, 2.24) is 0 Å². The van der Waals surface area contributed by atoms with E-state index in [9.17, 15) is 9.59 Å². The Kier molecular flexibility index (Phi) is 5.69. The Morgan fingerprint density at radius 2 is 2.00 bits per heavy atom. The molecule has 0 amide bonds. The van der Waals surface area contributed by atoms with E-state index in [2.05, 4.69) is 10.7 Å². The number of esters is 1. The van der Waals surface area contributed by atoms with Crippen LogP contribution in [-0.4, -0.2) is 18.4 Å². The van der Waals surface area contributed by atoms with Gasteiger partial charge in [0.1, 0.15) is 12.2 Å². The third kappa shape index (κ3) is 6.73. The second-order valence-electron chi connectivity index (χ2n) is 4.24. The highest BCUT2D eigenvalue weighted by Gasteiger charge is 2.22. The molecule has 0 rings (SSSR count). The van der Waals surface area contributed by atoms with Gasteiger partial charge in [-0.3, -0.25) is 9.59 Å². The number of ketones is 1. The number of ether oxygens (including phenoxy) is 1.